The predicted octanol–water partition coefficient (Wildman–Crippen LogP) is 1.63. The van der Waals surface area contributed by atoms with E-state index in [1.54, 1.807) is 0 Å². The van der Waals surface area contributed by atoms with Gasteiger partial charge in [0.1, 0.15) is 0 Å². The molecule has 2 fully saturated rings. The first-order valence-corrected chi connectivity index (χ1v) is 7.61. The first-order chi connectivity index (χ1) is 9.91. The standard InChI is InChI=1S/C14H23F3N2O2/c15-14(16,17)11-4-3-7-19(8-11)13(21)9-18-6-2-1-5-12(18)10-20/h11-12,20H,1-10H2. The van der Waals surface area contributed by atoms with Crippen LogP contribution in [-0.2, 0) is 4.79 Å². The summed E-state index contributed by atoms with van der Waals surface area (Å²) in [5.74, 6) is -1.64. The van der Waals surface area contributed by atoms with E-state index in [-0.39, 0.29) is 38.1 Å². The average molecular weight is 308 g/mol. The van der Waals surface area contributed by atoms with Gasteiger partial charge in [0.25, 0.3) is 0 Å². The largest absolute Gasteiger partial charge is 0.395 e. The molecule has 1 N–H and O–H groups in total. The van der Waals surface area contributed by atoms with Gasteiger partial charge in [-0.2, -0.15) is 13.2 Å². The van der Waals surface area contributed by atoms with E-state index >= 15 is 0 Å². The summed E-state index contributed by atoms with van der Waals surface area (Å²) in [6, 6.07) is -0.0362. The molecule has 2 aliphatic rings. The van der Waals surface area contributed by atoms with E-state index in [9.17, 15) is 23.1 Å². The fourth-order valence-corrected chi connectivity index (χ4v) is 3.22. The highest BCUT2D eigenvalue weighted by Gasteiger charge is 2.42. The molecule has 2 unspecified atom stereocenters. The van der Waals surface area contributed by atoms with Gasteiger partial charge in [-0.3, -0.25) is 9.69 Å². The van der Waals surface area contributed by atoms with Gasteiger partial charge in [0.15, 0.2) is 0 Å². The fraction of sp³-hybridized carbons (Fsp3) is 0.929. The Balaban J connectivity index is 1.90. The Morgan fingerprint density at radius 2 is 1.90 bits per heavy atom. The van der Waals surface area contributed by atoms with Gasteiger partial charge in [0, 0.05) is 19.1 Å². The lowest BCUT2D eigenvalue weighted by atomic mass is 9.97. The first kappa shape index (κ1) is 16.5. The summed E-state index contributed by atoms with van der Waals surface area (Å²) in [6.07, 6.45) is -0.882. The topological polar surface area (TPSA) is 43.8 Å². The zero-order chi connectivity index (χ0) is 15.5. The van der Waals surface area contributed by atoms with Crippen LogP contribution in [0.15, 0.2) is 0 Å². The Morgan fingerprint density at radius 3 is 2.57 bits per heavy atom. The van der Waals surface area contributed by atoms with Crippen molar-refractivity contribution in [2.75, 3.05) is 32.8 Å². The summed E-state index contributed by atoms with van der Waals surface area (Å²) in [6.45, 7) is 1.03. The van der Waals surface area contributed by atoms with Crippen LogP contribution in [0.5, 0.6) is 0 Å². The number of halogens is 3. The number of aliphatic hydroxyl groups is 1. The molecule has 2 atom stereocenters. The number of piperidine rings is 2. The molecule has 0 spiro atoms. The molecule has 0 radical (unpaired) electrons. The lowest BCUT2D eigenvalue weighted by molar-refractivity contribution is -0.188. The summed E-state index contributed by atoms with van der Waals surface area (Å²) < 4.78 is 38.3. The molecule has 2 heterocycles. The molecule has 0 aromatic rings. The van der Waals surface area contributed by atoms with Gasteiger partial charge in [-0.15, -0.1) is 0 Å². The van der Waals surface area contributed by atoms with Gasteiger partial charge in [0.2, 0.25) is 5.91 Å². The van der Waals surface area contributed by atoms with Gasteiger partial charge in [0.05, 0.1) is 19.1 Å². The van der Waals surface area contributed by atoms with E-state index in [1.807, 2.05) is 4.90 Å². The maximum Gasteiger partial charge on any atom is 0.393 e. The normalized spacial score (nSPS) is 28.7. The lowest BCUT2D eigenvalue weighted by Crippen LogP contribution is -2.51. The van der Waals surface area contributed by atoms with Crippen molar-refractivity contribution in [3.05, 3.63) is 0 Å². The van der Waals surface area contributed by atoms with Crippen LogP contribution >= 0.6 is 0 Å². The molecule has 2 rings (SSSR count). The number of amides is 1. The second kappa shape index (κ2) is 6.96. The Morgan fingerprint density at radius 1 is 1.14 bits per heavy atom. The average Bonchev–Trinajstić information content (AvgIpc) is 2.47. The van der Waals surface area contributed by atoms with Crippen LogP contribution in [0.3, 0.4) is 0 Å². The van der Waals surface area contributed by atoms with Crippen molar-refractivity contribution in [2.45, 2.75) is 44.3 Å². The van der Waals surface area contributed by atoms with E-state index in [0.29, 0.717) is 13.0 Å². The van der Waals surface area contributed by atoms with Crippen molar-refractivity contribution >= 4 is 5.91 Å². The van der Waals surface area contributed by atoms with E-state index in [1.165, 1.54) is 4.90 Å². The van der Waals surface area contributed by atoms with Gasteiger partial charge >= 0.3 is 6.18 Å². The van der Waals surface area contributed by atoms with Crippen molar-refractivity contribution in [3.63, 3.8) is 0 Å². The number of alkyl halides is 3. The van der Waals surface area contributed by atoms with Crippen LogP contribution in [0.25, 0.3) is 0 Å². The number of nitrogens with zero attached hydrogens (tertiary/aromatic N) is 2. The molecule has 0 aromatic heterocycles. The van der Waals surface area contributed by atoms with E-state index in [4.69, 9.17) is 0 Å². The number of hydrogen-bond acceptors (Lipinski definition) is 3. The minimum absolute atomic E-state index is 0.00153. The molecule has 122 valence electrons. The van der Waals surface area contributed by atoms with Crippen molar-refractivity contribution in [3.8, 4) is 0 Å². The summed E-state index contributed by atoms with van der Waals surface area (Å²) in [7, 11) is 0. The van der Waals surface area contributed by atoms with Gasteiger partial charge in [-0.25, -0.2) is 0 Å². The molecule has 0 aliphatic carbocycles. The van der Waals surface area contributed by atoms with Gasteiger partial charge in [-0.1, -0.05) is 6.42 Å². The Labute approximate surface area is 122 Å². The van der Waals surface area contributed by atoms with Crippen LogP contribution in [0.4, 0.5) is 13.2 Å². The van der Waals surface area contributed by atoms with Crippen LogP contribution in [0, 0.1) is 5.92 Å². The molecular weight excluding hydrogens is 285 g/mol. The van der Waals surface area contributed by atoms with Crippen molar-refractivity contribution in [1.82, 2.24) is 9.80 Å². The summed E-state index contributed by atoms with van der Waals surface area (Å²) >= 11 is 0. The highest BCUT2D eigenvalue weighted by molar-refractivity contribution is 5.78. The summed E-state index contributed by atoms with van der Waals surface area (Å²) in [5, 5.41) is 9.32. The number of carbonyl (C=O) groups is 1. The zero-order valence-electron chi connectivity index (χ0n) is 12.1. The third-order valence-electron chi connectivity index (χ3n) is 4.54. The number of carbonyl (C=O) groups excluding carboxylic acids is 1. The number of hydrogen-bond donors (Lipinski definition) is 1. The van der Waals surface area contributed by atoms with Crippen LogP contribution in [0.1, 0.15) is 32.1 Å². The third kappa shape index (κ3) is 4.32. The molecule has 0 saturated carbocycles. The van der Waals surface area contributed by atoms with Crippen molar-refractivity contribution in [2.24, 2.45) is 5.92 Å². The van der Waals surface area contributed by atoms with E-state index < -0.39 is 12.1 Å². The molecule has 2 aliphatic heterocycles. The second-order valence-electron chi connectivity index (χ2n) is 6.02. The second-order valence-corrected chi connectivity index (χ2v) is 6.02. The predicted molar refractivity (Wildman–Crippen MR) is 71.7 cm³/mol. The van der Waals surface area contributed by atoms with E-state index in [0.717, 1.165) is 25.8 Å². The minimum Gasteiger partial charge on any atom is -0.395 e. The maximum absolute atomic E-state index is 12.8. The zero-order valence-corrected chi connectivity index (χ0v) is 12.1. The Kier molecular flexibility index (Phi) is 5.48. The number of aliphatic hydroxyl groups excluding tert-OH is 1. The fourth-order valence-electron chi connectivity index (χ4n) is 3.22. The molecule has 21 heavy (non-hydrogen) atoms. The quantitative estimate of drug-likeness (QED) is 0.862. The van der Waals surface area contributed by atoms with Crippen LogP contribution in [0.2, 0.25) is 0 Å². The third-order valence-corrected chi connectivity index (χ3v) is 4.54. The first-order valence-electron chi connectivity index (χ1n) is 7.61. The Hall–Kier alpha value is -0.820. The SMILES string of the molecule is O=C(CN1CCCCC1CO)N1CCCC(C(F)(F)F)C1. The van der Waals surface area contributed by atoms with Gasteiger partial charge < -0.3 is 10.0 Å². The van der Waals surface area contributed by atoms with Crippen molar-refractivity contribution < 1.29 is 23.1 Å². The number of likely N-dealkylation sites (tertiary alicyclic amines) is 2. The summed E-state index contributed by atoms with van der Waals surface area (Å²) in [5.41, 5.74) is 0. The maximum atomic E-state index is 12.8. The summed E-state index contributed by atoms with van der Waals surface area (Å²) in [4.78, 5) is 15.5. The molecule has 2 saturated heterocycles. The van der Waals surface area contributed by atoms with Gasteiger partial charge in [-0.05, 0) is 32.2 Å². The smallest absolute Gasteiger partial charge is 0.393 e. The molecule has 4 nitrogen and oxygen atoms in total. The molecule has 7 heteroatoms. The molecule has 0 aromatic carbocycles. The van der Waals surface area contributed by atoms with Crippen LogP contribution < -0.4 is 0 Å². The lowest BCUT2D eigenvalue weighted by Gasteiger charge is -2.38. The molecular formula is C14H23F3N2O2. The highest BCUT2D eigenvalue weighted by Crippen LogP contribution is 2.33. The monoisotopic (exact) mass is 308 g/mol. The minimum atomic E-state index is -4.22. The van der Waals surface area contributed by atoms with Crippen LogP contribution in [-0.4, -0.2) is 65.8 Å². The van der Waals surface area contributed by atoms with E-state index in [2.05, 4.69) is 0 Å². The highest BCUT2D eigenvalue weighted by atomic mass is 19.4. The Bertz CT molecular complexity index is 363. The number of rotatable bonds is 3. The molecule has 1 amide bonds. The van der Waals surface area contributed by atoms with Crippen molar-refractivity contribution in [1.29, 1.82) is 0 Å². The molecule has 0 bridgehead atoms.